The summed E-state index contributed by atoms with van der Waals surface area (Å²) in [4.78, 5) is 25.3. The summed E-state index contributed by atoms with van der Waals surface area (Å²) in [5.41, 5.74) is 2.06. The highest BCUT2D eigenvalue weighted by molar-refractivity contribution is 9.10. The van der Waals surface area contributed by atoms with Gasteiger partial charge in [-0.15, -0.1) is 0 Å². The predicted molar refractivity (Wildman–Crippen MR) is 129 cm³/mol. The summed E-state index contributed by atoms with van der Waals surface area (Å²) in [5.74, 6) is -1.16. The van der Waals surface area contributed by atoms with Crippen molar-refractivity contribution in [2.45, 2.75) is 4.90 Å². The summed E-state index contributed by atoms with van der Waals surface area (Å²) in [6.07, 6.45) is 0. The average molecular weight is 525 g/mol. The first kappa shape index (κ1) is 22.6. The second kappa shape index (κ2) is 9.51. The number of hydrogen-bond donors (Lipinski definition) is 1. The van der Waals surface area contributed by atoms with E-state index in [1.54, 1.807) is 66.7 Å². The van der Waals surface area contributed by atoms with E-state index in [0.29, 0.717) is 16.5 Å². The second-order valence-electron chi connectivity index (χ2n) is 7.07. The van der Waals surface area contributed by atoms with Gasteiger partial charge in [-0.1, -0.05) is 52.3 Å². The van der Waals surface area contributed by atoms with E-state index >= 15 is 0 Å². The fourth-order valence-electron chi connectivity index (χ4n) is 3.13. The Balaban J connectivity index is 1.79. The Bertz CT molecular complexity index is 1520. The SMILES string of the molecule is O=C(N/N=C(\CS(=O)(=O)c1ccccc1)c1cc2cc(Br)ccc2oc1=O)c1ccccc1. The molecule has 0 radical (unpaired) electrons. The van der Waals surface area contributed by atoms with Crippen LogP contribution in [0.3, 0.4) is 0 Å². The minimum absolute atomic E-state index is 0.0616. The molecule has 0 saturated heterocycles. The molecular weight excluding hydrogens is 508 g/mol. The number of sulfone groups is 1. The van der Waals surface area contributed by atoms with Crippen LogP contribution >= 0.6 is 15.9 Å². The first-order valence-corrected chi connectivity index (χ1v) is 12.2. The lowest BCUT2D eigenvalue weighted by Crippen LogP contribution is -2.27. The lowest BCUT2D eigenvalue weighted by Gasteiger charge is -2.09. The highest BCUT2D eigenvalue weighted by Gasteiger charge is 2.22. The zero-order valence-corrected chi connectivity index (χ0v) is 19.5. The highest BCUT2D eigenvalue weighted by atomic mass is 79.9. The molecule has 9 heteroatoms. The summed E-state index contributed by atoms with van der Waals surface area (Å²) >= 11 is 3.36. The van der Waals surface area contributed by atoms with E-state index in [1.165, 1.54) is 18.2 Å². The van der Waals surface area contributed by atoms with E-state index in [-0.39, 0.29) is 16.2 Å². The topological polar surface area (TPSA) is 106 Å². The number of amides is 1. The third-order valence-corrected chi connectivity index (χ3v) is 6.90. The predicted octanol–water partition coefficient (Wildman–Crippen LogP) is 4.16. The molecular formula is C24H17BrN2O5S. The summed E-state index contributed by atoms with van der Waals surface area (Å²) in [6, 6.07) is 22.7. The first-order chi connectivity index (χ1) is 15.8. The number of nitrogens with one attached hydrogen (secondary N) is 1. The molecule has 4 rings (SSSR count). The maximum absolute atomic E-state index is 13.0. The maximum atomic E-state index is 13.0. The third-order valence-electron chi connectivity index (χ3n) is 4.76. The number of rotatable bonds is 6. The largest absolute Gasteiger partial charge is 0.422 e. The van der Waals surface area contributed by atoms with Gasteiger partial charge >= 0.3 is 5.63 Å². The van der Waals surface area contributed by atoms with Gasteiger partial charge in [0, 0.05) is 15.4 Å². The average Bonchev–Trinajstić information content (AvgIpc) is 2.82. The maximum Gasteiger partial charge on any atom is 0.345 e. The van der Waals surface area contributed by atoms with E-state index in [0.717, 1.165) is 4.47 Å². The number of nitrogens with zero attached hydrogens (tertiary/aromatic N) is 1. The minimum atomic E-state index is -3.87. The van der Waals surface area contributed by atoms with Gasteiger partial charge in [-0.3, -0.25) is 4.79 Å². The van der Waals surface area contributed by atoms with E-state index < -0.39 is 27.1 Å². The van der Waals surface area contributed by atoms with Crippen LogP contribution in [0.4, 0.5) is 0 Å². The van der Waals surface area contributed by atoms with Crippen molar-refractivity contribution in [3.63, 3.8) is 0 Å². The van der Waals surface area contributed by atoms with Crippen molar-refractivity contribution < 1.29 is 17.6 Å². The molecule has 0 aliphatic rings. The van der Waals surface area contributed by atoms with Gasteiger partial charge in [0.1, 0.15) is 5.58 Å². The van der Waals surface area contributed by atoms with Crippen molar-refractivity contribution in [3.05, 3.63) is 111 Å². The molecule has 0 aliphatic heterocycles. The summed E-state index contributed by atoms with van der Waals surface area (Å²) in [6.45, 7) is 0. The number of carbonyl (C=O) groups is 1. The lowest BCUT2D eigenvalue weighted by atomic mass is 10.1. The summed E-state index contributed by atoms with van der Waals surface area (Å²) in [7, 11) is -3.87. The van der Waals surface area contributed by atoms with Gasteiger partial charge in [-0.25, -0.2) is 18.6 Å². The van der Waals surface area contributed by atoms with Crippen molar-refractivity contribution in [1.29, 1.82) is 0 Å². The van der Waals surface area contributed by atoms with Gasteiger partial charge in [0.15, 0.2) is 9.84 Å². The summed E-state index contributed by atoms with van der Waals surface area (Å²) in [5, 5.41) is 4.61. The molecule has 1 heterocycles. The van der Waals surface area contributed by atoms with E-state index in [2.05, 4.69) is 26.5 Å². The van der Waals surface area contributed by atoms with Gasteiger partial charge in [0.05, 0.1) is 21.9 Å². The number of hydrogen-bond acceptors (Lipinski definition) is 6. The van der Waals surface area contributed by atoms with Crippen molar-refractivity contribution >= 4 is 48.4 Å². The molecule has 1 aromatic heterocycles. The quantitative estimate of drug-likeness (QED) is 0.231. The third kappa shape index (κ3) is 5.27. The van der Waals surface area contributed by atoms with Crippen LogP contribution in [-0.4, -0.2) is 25.8 Å². The van der Waals surface area contributed by atoms with Gasteiger partial charge in [-0.2, -0.15) is 5.10 Å². The van der Waals surface area contributed by atoms with Gasteiger partial charge < -0.3 is 4.42 Å². The van der Waals surface area contributed by atoms with Crippen LogP contribution in [0.2, 0.25) is 0 Å². The standard InChI is InChI=1S/C24H17BrN2O5S/c25-18-11-12-22-17(13-18)14-20(24(29)32-22)21(15-33(30,31)19-9-5-2-6-10-19)26-27-23(28)16-7-3-1-4-8-16/h1-14H,15H2,(H,27,28)/b26-21+. The smallest absolute Gasteiger partial charge is 0.345 e. The van der Waals surface area contributed by atoms with Crippen LogP contribution in [0.1, 0.15) is 15.9 Å². The Labute approximate surface area is 197 Å². The molecule has 0 fully saturated rings. The van der Waals surface area contributed by atoms with Crippen LogP contribution < -0.4 is 11.1 Å². The number of carbonyl (C=O) groups excluding carboxylic acids is 1. The van der Waals surface area contributed by atoms with Crippen molar-refractivity contribution in [3.8, 4) is 0 Å². The molecule has 4 aromatic rings. The molecule has 0 aliphatic carbocycles. The number of benzene rings is 3. The van der Waals surface area contributed by atoms with Crippen molar-refractivity contribution in [1.82, 2.24) is 5.43 Å². The molecule has 1 N–H and O–H groups in total. The Morgan fingerprint density at radius 2 is 1.61 bits per heavy atom. The molecule has 33 heavy (non-hydrogen) atoms. The Morgan fingerprint density at radius 3 is 2.30 bits per heavy atom. The molecule has 0 atom stereocenters. The van der Waals surface area contributed by atoms with E-state index in [1.807, 2.05) is 0 Å². The van der Waals surface area contributed by atoms with Crippen molar-refractivity contribution in [2.75, 3.05) is 5.75 Å². The Morgan fingerprint density at radius 1 is 0.939 bits per heavy atom. The Hall–Kier alpha value is -3.56. The highest BCUT2D eigenvalue weighted by Crippen LogP contribution is 2.20. The molecule has 0 unspecified atom stereocenters. The Kier molecular flexibility index (Phi) is 6.52. The minimum Gasteiger partial charge on any atom is -0.422 e. The second-order valence-corrected chi connectivity index (χ2v) is 9.97. The van der Waals surface area contributed by atoms with Crippen LogP contribution in [0.25, 0.3) is 11.0 Å². The molecule has 1 amide bonds. The fourth-order valence-corrected chi connectivity index (χ4v) is 4.83. The van der Waals surface area contributed by atoms with E-state index in [9.17, 15) is 18.0 Å². The normalized spacial score (nSPS) is 12.0. The molecule has 0 saturated carbocycles. The molecule has 0 spiro atoms. The van der Waals surface area contributed by atoms with Gasteiger partial charge in [0.2, 0.25) is 0 Å². The molecule has 3 aromatic carbocycles. The van der Waals surface area contributed by atoms with Crippen LogP contribution in [0, 0.1) is 0 Å². The van der Waals surface area contributed by atoms with Crippen LogP contribution in [0.5, 0.6) is 0 Å². The van der Waals surface area contributed by atoms with Crippen LogP contribution in [0.15, 0.2) is 109 Å². The zero-order valence-electron chi connectivity index (χ0n) is 17.1. The number of hydrazone groups is 1. The molecule has 7 nitrogen and oxygen atoms in total. The van der Waals surface area contributed by atoms with Gasteiger partial charge in [-0.05, 0) is 48.5 Å². The van der Waals surface area contributed by atoms with Crippen LogP contribution in [-0.2, 0) is 9.84 Å². The fraction of sp³-hybridized carbons (Fsp3) is 0.0417. The van der Waals surface area contributed by atoms with Gasteiger partial charge in [0.25, 0.3) is 5.91 Å². The monoisotopic (exact) mass is 524 g/mol. The number of halogens is 1. The van der Waals surface area contributed by atoms with Crippen molar-refractivity contribution in [2.24, 2.45) is 5.10 Å². The molecule has 166 valence electrons. The van der Waals surface area contributed by atoms with E-state index in [4.69, 9.17) is 4.42 Å². The summed E-state index contributed by atoms with van der Waals surface area (Å²) < 4.78 is 32.2. The first-order valence-electron chi connectivity index (χ1n) is 9.77. The zero-order chi connectivity index (χ0) is 23.4. The lowest BCUT2D eigenvalue weighted by molar-refractivity contribution is 0.0955. The molecule has 0 bridgehead atoms. The number of fused-ring (bicyclic) bond motifs is 1.